The van der Waals surface area contributed by atoms with Crippen LogP contribution in [0.1, 0.15) is 12.8 Å². The first-order chi connectivity index (χ1) is 8.17. The molecule has 0 heterocycles. The average molecular weight is 238 g/mol. The summed E-state index contributed by atoms with van der Waals surface area (Å²) >= 11 is 0. The largest absolute Gasteiger partial charge is 0.494 e. The molecule has 1 aromatic rings. The van der Waals surface area contributed by atoms with Crippen molar-refractivity contribution in [2.24, 2.45) is 0 Å². The zero-order valence-electron chi connectivity index (χ0n) is 10.2. The molecule has 5 nitrogen and oxygen atoms in total. The molecule has 0 spiro atoms. The van der Waals surface area contributed by atoms with Gasteiger partial charge in [0.05, 0.1) is 12.8 Å². The Labute approximate surface area is 101 Å². The molecule has 5 heteroatoms. The van der Waals surface area contributed by atoms with Crippen LogP contribution in [-0.4, -0.2) is 26.7 Å². The second-order valence-electron chi connectivity index (χ2n) is 3.60. The predicted molar refractivity (Wildman–Crippen MR) is 67.1 cm³/mol. The second kappa shape index (κ2) is 6.75. The lowest BCUT2D eigenvalue weighted by Crippen LogP contribution is -2.12. The van der Waals surface area contributed by atoms with Gasteiger partial charge in [0, 0.05) is 31.9 Å². The molecule has 0 aliphatic rings. The fourth-order valence-electron chi connectivity index (χ4n) is 1.40. The van der Waals surface area contributed by atoms with Gasteiger partial charge in [-0.05, 0) is 18.6 Å². The van der Waals surface area contributed by atoms with Crippen LogP contribution in [0.5, 0.6) is 5.75 Å². The third-order valence-electron chi connectivity index (χ3n) is 2.25. The molecule has 3 N–H and O–H groups in total. The Morgan fingerprint density at radius 2 is 2.18 bits per heavy atom. The summed E-state index contributed by atoms with van der Waals surface area (Å²) in [4.78, 5) is 11.6. The minimum Gasteiger partial charge on any atom is -0.494 e. The highest BCUT2D eigenvalue weighted by Gasteiger charge is 2.07. The Morgan fingerprint density at radius 1 is 1.41 bits per heavy atom. The van der Waals surface area contributed by atoms with Crippen molar-refractivity contribution >= 4 is 17.3 Å². The maximum Gasteiger partial charge on any atom is 0.224 e. The van der Waals surface area contributed by atoms with E-state index in [2.05, 4.69) is 5.32 Å². The van der Waals surface area contributed by atoms with Gasteiger partial charge < -0.3 is 20.5 Å². The van der Waals surface area contributed by atoms with Crippen LogP contribution in [0, 0.1) is 0 Å². The highest BCUT2D eigenvalue weighted by molar-refractivity contribution is 5.92. The molecular weight excluding hydrogens is 220 g/mol. The van der Waals surface area contributed by atoms with E-state index in [9.17, 15) is 4.79 Å². The number of hydrogen-bond acceptors (Lipinski definition) is 4. The van der Waals surface area contributed by atoms with Gasteiger partial charge in [-0.1, -0.05) is 0 Å². The Balaban J connectivity index is 2.58. The second-order valence-corrected chi connectivity index (χ2v) is 3.60. The number of benzene rings is 1. The minimum absolute atomic E-state index is 0.0647. The lowest BCUT2D eigenvalue weighted by Gasteiger charge is -2.10. The standard InChI is InChI=1S/C12H18N2O3/c1-16-7-3-4-12(15)14-10-6-5-9(13)8-11(10)17-2/h5-6,8H,3-4,7,13H2,1-2H3,(H,14,15). The molecule has 1 aromatic carbocycles. The lowest BCUT2D eigenvalue weighted by molar-refractivity contribution is -0.116. The van der Waals surface area contributed by atoms with E-state index in [4.69, 9.17) is 15.2 Å². The Kier molecular flexibility index (Phi) is 5.29. The summed E-state index contributed by atoms with van der Waals surface area (Å²) in [5.41, 5.74) is 6.85. The maximum atomic E-state index is 11.6. The van der Waals surface area contributed by atoms with Gasteiger partial charge in [0.25, 0.3) is 0 Å². The van der Waals surface area contributed by atoms with Gasteiger partial charge in [0.15, 0.2) is 0 Å². The number of anilines is 2. The molecule has 0 radical (unpaired) electrons. The number of nitrogen functional groups attached to an aromatic ring is 1. The molecule has 17 heavy (non-hydrogen) atoms. The number of nitrogens with one attached hydrogen (secondary N) is 1. The topological polar surface area (TPSA) is 73.6 Å². The van der Waals surface area contributed by atoms with Gasteiger partial charge in [-0.3, -0.25) is 4.79 Å². The van der Waals surface area contributed by atoms with Crippen LogP contribution in [0.3, 0.4) is 0 Å². The number of methoxy groups -OCH3 is 2. The van der Waals surface area contributed by atoms with E-state index in [0.29, 0.717) is 36.6 Å². The highest BCUT2D eigenvalue weighted by atomic mass is 16.5. The van der Waals surface area contributed by atoms with Crippen molar-refractivity contribution in [3.8, 4) is 5.75 Å². The molecule has 0 bridgehead atoms. The number of rotatable bonds is 6. The summed E-state index contributed by atoms with van der Waals surface area (Å²) in [6, 6.07) is 5.11. The van der Waals surface area contributed by atoms with Gasteiger partial charge in [-0.25, -0.2) is 0 Å². The molecule has 0 fully saturated rings. The summed E-state index contributed by atoms with van der Waals surface area (Å²) in [7, 11) is 3.15. The van der Waals surface area contributed by atoms with Crippen molar-refractivity contribution in [2.75, 3.05) is 31.9 Å². The van der Waals surface area contributed by atoms with Gasteiger partial charge >= 0.3 is 0 Å². The third kappa shape index (κ3) is 4.32. The van der Waals surface area contributed by atoms with E-state index >= 15 is 0 Å². The Bertz CT molecular complexity index is 380. The minimum atomic E-state index is -0.0647. The third-order valence-corrected chi connectivity index (χ3v) is 2.25. The summed E-state index contributed by atoms with van der Waals surface area (Å²) in [5, 5.41) is 2.77. The van der Waals surface area contributed by atoms with Crippen LogP contribution < -0.4 is 15.8 Å². The summed E-state index contributed by atoms with van der Waals surface area (Å²) in [5.74, 6) is 0.496. The molecular formula is C12H18N2O3. The number of nitrogens with two attached hydrogens (primary N) is 1. The highest BCUT2D eigenvalue weighted by Crippen LogP contribution is 2.26. The van der Waals surface area contributed by atoms with E-state index < -0.39 is 0 Å². The first-order valence-electron chi connectivity index (χ1n) is 5.39. The summed E-state index contributed by atoms with van der Waals surface area (Å²) in [6.45, 7) is 0.576. The summed E-state index contributed by atoms with van der Waals surface area (Å²) < 4.78 is 10.0. The van der Waals surface area contributed by atoms with E-state index in [1.807, 2.05) is 0 Å². The van der Waals surface area contributed by atoms with Crippen LogP contribution in [-0.2, 0) is 9.53 Å². The Morgan fingerprint density at radius 3 is 2.82 bits per heavy atom. The number of ether oxygens (including phenoxy) is 2. The number of hydrogen-bond donors (Lipinski definition) is 2. The molecule has 0 atom stereocenters. The summed E-state index contributed by atoms with van der Waals surface area (Å²) in [6.07, 6.45) is 1.11. The first kappa shape index (κ1) is 13.3. The molecule has 0 saturated carbocycles. The zero-order valence-corrected chi connectivity index (χ0v) is 10.2. The van der Waals surface area contributed by atoms with E-state index in [-0.39, 0.29) is 5.91 Å². The molecule has 0 aliphatic carbocycles. The fraction of sp³-hybridized carbons (Fsp3) is 0.417. The van der Waals surface area contributed by atoms with Crippen molar-refractivity contribution in [1.29, 1.82) is 0 Å². The zero-order chi connectivity index (χ0) is 12.7. The smallest absolute Gasteiger partial charge is 0.224 e. The maximum absolute atomic E-state index is 11.6. The molecule has 0 aliphatic heterocycles. The Hall–Kier alpha value is -1.75. The number of carbonyl (C=O) groups is 1. The van der Waals surface area contributed by atoms with Crippen LogP contribution >= 0.6 is 0 Å². The van der Waals surface area contributed by atoms with E-state index in [1.54, 1.807) is 25.3 Å². The lowest BCUT2D eigenvalue weighted by atomic mass is 10.2. The van der Waals surface area contributed by atoms with Gasteiger partial charge in [0.1, 0.15) is 5.75 Å². The van der Waals surface area contributed by atoms with Gasteiger partial charge in [-0.2, -0.15) is 0 Å². The van der Waals surface area contributed by atoms with E-state index in [1.165, 1.54) is 7.11 Å². The average Bonchev–Trinajstić information content (AvgIpc) is 2.32. The molecule has 1 amide bonds. The van der Waals surface area contributed by atoms with Crippen molar-refractivity contribution in [1.82, 2.24) is 0 Å². The van der Waals surface area contributed by atoms with Crippen molar-refractivity contribution in [3.05, 3.63) is 18.2 Å². The van der Waals surface area contributed by atoms with Gasteiger partial charge in [0.2, 0.25) is 5.91 Å². The van der Waals surface area contributed by atoms with Crippen LogP contribution in [0.4, 0.5) is 11.4 Å². The van der Waals surface area contributed by atoms with Crippen LogP contribution in [0.15, 0.2) is 18.2 Å². The molecule has 0 unspecified atom stereocenters. The van der Waals surface area contributed by atoms with Crippen LogP contribution in [0.2, 0.25) is 0 Å². The quantitative estimate of drug-likeness (QED) is 0.583. The molecule has 0 saturated heterocycles. The predicted octanol–water partition coefficient (Wildman–Crippen LogP) is 1.64. The number of amides is 1. The monoisotopic (exact) mass is 238 g/mol. The van der Waals surface area contributed by atoms with Gasteiger partial charge in [-0.15, -0.1) is 0 Å². The van der Waals surface area contributed by atoms with Crippen molar-refractivity contribution < 1.29 is 14.3 Å². The SMILES string of the molecule is COCCCC(=O)Nc1ccc(N)cc1OC. The molecule has 0 aromatic heterocycles. The molecule has 1 rings (SSSR count). The van der Waals surface area contributed by atoms with E-state index in [0.717, 1.165) is 0 Å². The van der Waals surface area contributed by atoms with Crippen LogP contribution in [0.25, 0.3) is 0 Å². The van der Waals surface area contributed by atoms with Crippen molar-refractivity contribution in [3.63, 3.8) is 0 Å². The molecule has 94 valence electrons. The normalized spacial score (nSPS) is 10.0. The van der Waals surface area contributed by atoms with Crippen molar-refractivity contribution in [2.45, 2.75) is 12.8 Å². The first-order valence-corrected chi connectivity index (χ1v) is 5.39. The fourth-order valence-corrected chi connectivity index (χ4v) is 1.40. The number of carbonyl (C=O) groups excluding carboxylic acids is 1.